The van der Waals surface area contributed by atoms with Crippen LogP contribution in [0.25, 0.3) is 0 Å². The zero-order chi connectivity index (χ0) is 30.8. The molecule has 4 saturated heterocycles. The lowest BCUT2D eigenvalue weighted by Crippen LogP contribution is -2.68. The molecule has 7 heterocycles. The lowest BCUT2D eigenvalue weighted by molar-refractivity contribution is -0.924. The van der Waals surface area contributed by atoms with Crippen LogP contribution < -0.4 is 9.80 Å². The Kier molecular flexibility index (Phi) is 4.94. The third-order valence-electron chi connectivity index (χ3n) is 15.3. The van der Waals surface area contributed by atoms with Crippen LogP contribution in [0, 0.1) is 11.8 Å². The van der Waals surface area contributed by atoms with E-state index in [4.69, 9.17) is 0 Å². The summed E-state index contributed by atoms with van der Waals surface area (Å²) in [5.41, 5.74) is 12.1. The second-order valence-corrected chi connectivity index (χ2v) is 16.7. The number of nitrogens with zero attached hydrogens (tertiary/aromatic N) is 4. The number of para-hydroxylation sites is 2. The number of likely N-dealkylation sites (N-methyl/N-ethyl adjacent to an activating group) is 2. The molecule has 2 aromatic rings. The van der Waals surface area contributed by atoms with Crippen molar-refractivity contribution in [3.63, 3.8) is 0 Å². The summed E-state index contributed by atoms with van der Waals surface area (Å²) in [6.07, 6.45) is 14.4. The number of aliphatic hydroxyl groups excluding tert-OH is 2. The van der Waals surface area contributed by atoms with E-state index >= 15 is 0 Å². The summed E-state index contributed by atoms with van der Waals surface area (Å²) in [5.74, 6) is 0.709. The Balaban J connectivity index is 1.24. The first-order valence-corrected chi connectivity index (χ1v) is 17.8. The highest BCUT2D eigenvalue weighted by Gasteiger charge is 2.74. The maximum atomic E-state index is 10.3. The molecule has 7 aliphatic heterocycles. The average Bonchev–Trinajstić information content (AvgIpc) is 3.73. The predicted octanol–water partition coefficient (Wildman–Crippen LogP) is 4.36. The molecule has 2 unspecified atom stereocenters. The Labute approximate surface area is 272 Å². The minimum Gasteiger partial charge on any atom is -0.392 e. The molecule has 0 amide bonds. The van der Waals surface area contributed by atoms with Crippen LogP contribution in [-0.4, -0.2) is 96.8 Å². The summed E-state index contributed by atoms with van der Waals surface area (Å²) in [7, 11) is 5.01. The van der Waals surface area contributed by atoms with Gasteiger partial charge in [-0.15, -0.1) is 0 Å². The van der Waals surface area contributed by atoms with Gasteiger partial charge in [0.1, 0.15) is 25.2 Å². The van der Waals surface area contributed by atoms with Crippen LogP contribution in [-0.2, 0) is 10.8 Å². The van der Waals surface area contributed by atoms with Gasteiger partial charge in [-0.3, -0.25) is 0 Å². The zero-order valence-corrected chi connectivity index (χ0v) is 27.1. The number of quaternary nitrogens is 2. The maximum Gasteiger partial charge on any atom is 0.102 e. The number of hydrogen-bond donors (Lipinski definition) is 2. The highest BCUT2D eigenvalue weighted by Crippen LogP contribution is 2.69. The summed E-state index contributed by atoms with van der Waals surface area (Å²) < 4.78 is 2.18. The van der Waals surface area contributed by atoms with E-state index in [0.717, 1.165) is 34.9 Å². The number of aliphatic hydroxyl groups is 2. The van der Waals surface area contributed by atoms with Crippen LogP contribution in [0.3, 0.4) is 0 Å². The lowest BCUT2D eigenvalue weighted by atomic mass is 9.56. The molecule has 2 N–H and O–H groups in total. The molecule has 9 aliphatic rings. The van der Waals surface area contributed by atoms with Crippen molar-refractivity contribution >= 4 is 11.4 Å². The van der Waals surface area contributed by atoms with Crippen molar-refractivity contribution in [1.29, 1.82) is 0 Å². The van der Waals surface area contributed by atoms with Crippen LogP contribution in [0.4, 0.5) is 11.4 Å². The minimum absolute atomic E-state index is 0.0790. The third-order valence-corrected chi connectivity index (χ3v) is 15.3. The van der Waals surface area contributed by atoms with Gasteiger partial charge in [0.15, 0.2) is 0 Å². The molecule has 46 heavy (non-hydrogen) atoms. The Morgan fingerprint density at radius 1 is 0.696 bits per heavy atom. The first-order valence-electron chi connectivity index (χ1n) is 17.8. The fourth-order valence-corrected chi connectivity index (χ4v) is 13.8. The van der Waals surface area contributed by atoms with Crippen LogP contribution in [0.2, 0.25) is 0 Å². The molecular formula is C40H46N4O2+2. The Hall–Kier alpha value is -3.16. The molecule has 2 spiro atoms. The van der Waals surface area contributed by atoms with Gasteiger partial charge >= 0.3 is 0 Å². The lowest BCUT2D eigenvalue weighted by Gasteiger charge is -2.58. The van der Waals surface area contributed by atoms with E-state index in [9.17, 15) is 10.2 Å². The second-order valence-electron chi connectivity index (χ2n) is 16.7. The summed E-state index contributed by atoms with van der Waals surface area (Å²) in [6, 6.07) is 20.5. The first-order chi connectivity index (χ1) is 22.4. The number of piperidine rings is 2. The third kappa shape index (κ3) is 2.77. The van der Waals surface area contributed by atoms with Crippen molar-refractivity contribution in [2.75, 3.05) is 63.3 Å². The number of benzene rings is 2. The van der Waals surface area contributed by atoms with E-state index in [2.05, 4.69) is 97.0 Å². The summed E-state index contributed by atoms with van der Waals surface area (Å²) in [5, 5.41) is 20.6. The van der Waals surface area contributed by atoms with Gasteiger partial charge in [0.25, 0.3) is 0 Å². The van der Waals surface area contributed by atoms with Crippen LogP contribution in [0.1, 0.15) is 36.8 Å². The van der Waals surface area contributed by atoms with Crippen molar-refractivity contribution in [3.05, 3.63) is 107 Å². The van der Waals surface area contributed by atoms with E-state index in [1.165, 1.54) is 48.5 Å². The monoisotopic (exact) mass is 614 g/mol. The molecule has 2 saturated carbocycles. The van der Waals surface area contributed by atoms with Crippen molar-refractivity contribution in [2.24, 2.45) is 11.8 Å². The van der Waals surface area contributed by atoms with E-state index in [1.807, 2.05) is 0 Å². The van der Waals surface area contributed by atoms with Gasteiger partial charge in [-0.1, -0.05) is 48.6 Å². The molecule has 236 valence electrons. The Morgan fingerprint density at radius 3 is 1.57 bits per heavy atom. The van der Waals surface area contributed by atoms with E-state index in [-0.39, 0.29) is 36.1 Å². The maximum absolute atomic E-state index is 10.3. The Bertz CT molecular complexity index is 1730. The summed E-state index contributed by atoms with van der Waals surface area (Å²) >= 11 is 0. The molecule has 0 aromatic heterocycles. The van der Waals surface area contributed by atoms with Crippen LogP contribution in [0.5, 0.6) is 0 Å². The molecule has 6 heteroatoms. The minimum atomic E-state index is 0.0790. The van der Waals surface area contributed by atoms with Gasteiger partial charge in [-0.05, 0) is 45.6 Å². The molecule has 10 atom stereocenters. The largest absolute Gasteiger partial charge is 0.392 e. The van der Waals surface area contributed by atoms with Gasteiger partial charge in [0, 0.05) is 61.3 Å². The topological polar surface area (TPSA) is 46.9 Å². The van der Waals surface area contributed by atoms with E-state index in [0.29, 0.717) is 23.9 Å². The zero-order valence-electron chi connectivity index (χ0n) is 27.1. The van der Waals surface area contributed by atoms with Crippen LogP contribution in [0.15, 0.2) is 95.4 Å². The van der Waals surface area contributed by atoms with Crippen LogP contribution >= 0.6 is 0 Å². The normalized spacial score (nSPS) is 48.6. The first kappa shape index (κ1) is 26.9. The second kappa shape index (κ2) is 8.46. The number of fused-ring (bicyclic) bond motifs is 8. The molecule has 2 aliphatic carbocycles. The molecule has 6 nitrogen and oxygen atoms in total. The Morgan fingerprint density at radius 2 is 1.13 bits per heavy atom. The molecule has 0 radical (unpaired) electrons. The number of anilines is 2. The van der Waals surface area contributed by atoms with Gasteiger partial charge < -0.3 is 29.0 Å². The van der Waals surface area contributed by atoms with Crippen molar-refractivity contribution < 1.29 is 19.2 Å². The molecule has 11 rings (SSSR count). The standard InChI is InChI=1S/C40H46N4O2/c1-43-15-13-39-31-7-3-5-9-33(31)41-22-30-28-20-36-40(14-16-44(36,2)24-26(28)12-18-46)32-8-4-6-10-34(32)42(38(30)40)21-29(37(39)41)27(19-35(39)43)25(23-43)11-17-45/h3-12,21-22,27-28,35-38,45-46H,13-20,23-24H2,1-2H3/q+2/b25-11-,26-12-,29-21-,30-22-/t27-,28-,35-,36-,37-,38-,39+,40+,43?,44?/m0/s1. The quantitative estimate of drug-likeness (QED) is 0.390. The molecule has 4 bridgehead atoms. The highest BCUT2D eigenvalue weighted by atomic mass is 16.3. The SMILES string of the molecule is C[N+]12CC[C@@]34c5ccccc5N5/C=C6/[C@H]7C[C@H]8[C@@]9(CC[N+]8(C)C/C7=C/CO)c7ccccc7N(/C=C(/[C@@H](C[C@@H]31)/C(=C\CO)C2)[C@H]54)[C@@H]69. The van der Waals surface area contributed by atoms with Gasteiger partial charge in [-0.25, -0.2) is 0 Å². The molecular weight excluding hydrogens is 568 g/mol. The summed E-state index contributed by atoms with van der Waals surface area (Å²) in [6.45, 7) is 4.70. The molecule has 6 fully saturated rings. The number of rotatable bonds is 2. The smallest absolute Gasteiger partial charge is 0.102 e. The van der Waals surface area contributed by atoms with Crippen molar-refractivity contribution in [1.82, 2.24) is 0 Å². The fraction of sp³-hybridized carbons (Fsp3) is 0.500. The predicted molar refractivity (Wildman–Crippen MR) is 180 cm³/mol. The van der Waals surface area contributed by atoms with E-state index in [1.54, 1.807) is 22.3 Å². The van der Waals surface area contributed by atoms with Crippen molar-refractivity contribution in [2.45, 2.75) is 60.7 Å². The van der Waals surface area contributed by atoms with Gasteiger partial charge in [-0.2, -0.15) is 0 Å². The summed E-state index contributed by atoms with van der Waals surface area (Å²) in [4.78, 5) is 5.55. The number of hydrogen-bond acceptors (Lipinski definition) is 4. The average molecular weight is 615 g/mol. The van der Waals surface area contributed by atoms with Crippen molar-refractivity contribution in [3.8, 4) is 0 Å². The van der Waals surface area contributed by atoms with Gasteiger partial charge in [0.05, 0.1) is 63.3 Å². The molecule has 2 aromatic carbocycles. The highest BCUT2D eigenvalue weighted by molar-refractivity contribution is 5.77. The van der Waals surface area contributed by atoms with Gasteiger partial charge in [0.2, 0.25) is 0 Å². The fourth-order valence-electron chi connectivity index (χ4n) is 13.8. The van der Waals surface area contributed by atoms with E-state index < -0.39 is 0 Å².